The van der Waals surface area contributed by atoms with Crippen LogP contribution in [0.25, 0.3) is 0 Å². The summed E-state index contributed by atoms with van der Waals surface area (Å²) >= 11 is 6.20. The fraction of sp³-hybridized carbons (Fsp3) is 0.278. The molecule has 2 aromatic carbocycles. The molecular weight excluding hydrogens is 316 g/mol. The summed E-state index contributed by atoms with van der Waals surface area (Å²) in [5.74, 6) is 1.02. The van der Waals surface area contributed by atoms with Gasteiger partial charge in [-0.15, -0.1) is 0 Å². The van der Waals surface area contributed by atoms with E-state index in [9.17, 15) is 4.79 Å². The Morgan fingerprint density at radius 2 is 1.61 bits per heavy atom. The van der Waals surface area contributed by atoms with E-state index in [0.29, 0.717) is 33.4 Å². The minimum atomic E-state index is -0.214. The molecule has 0 atom stereocenters. The Morgan fingerprint density at radius 1 is 0.957 bits per heavy atom. The van der Waals surface area contributed by atoms with Crippen LogP contribution in [0, 0.1) is 13.8 Å². The standard InChI is InChI=1S/C18H19ClO4/c1-10-6-7-13(19)12(8-10)16(20)15-11(2)9-14(21-3)17(22-4)18(15)23-5/h6-9H,1-5H3. The van der Waals surface area contributed by atoms with Crippen molar-refractivity contribution in [3.05, 3.63) is 51.5 Å². The summed E-state index contributed by atoms with van der Waals surface area (Å²) in [6.07, 6.45) is 0. The molecule has 0 aromatic heterocycles. The van der Waals surface area contributed by atoms with E-state index in [1.165, 1.54) is 21.3 Å². The van der Waals surface area contributed by atoms with Gasteiger partial charge in [0.15, 0.2) is 17.3 Å². The molecule has 0 aliphatic carbocycles. The summed E-state index contributed by atoms with van der Waals surface area (Å²) < 4.78 is 16.1. The van der Waals surface area contributed by atoms with Crippen LogP contribution in [-0.4, -0.2) is 27.1 Å². The summed E-state index contributed by atoms with van der Waals surface area (Å²) in [4.78, 5) is 13.0. The van der Waals surface area contributed by atoms with Gasteiger partial charge < -0.3 is 14.2 Å². The summed E-state index contributed by atoms with van der Waals surface area (Å²) in [7, 11) is 4.53. The number of methoxy groups -OCH3 is 3. The lowest BCUT2D eigenvalue weighted by Crippen LogP contribution is -2.09. The van der Waals surface area contributed by atoms with E-state index in [-0.39, 0.29) is 5.78 Å². The van der Waals surface area contributed by atoms with Gasteiger partial charge in [0.05, 0.1) is 31.9 Å². The Hall–Kier alpha value is -2.20. The third-order valence-electron chi connectivity index (χ3n) is 3.62. The quantitative estimate of drug-likeness (QED) is 0.768. The van der Waals surface area contributed by atoms with Gasteiger partial charge in [-0.1, -0.05) is 23.2 Å². The Bertz CT molecular complexity index is 753. The van der Waals surface area contributed by atoms with Crippen molar-refractivity contribution in [2.75, 3.05) is 21.3 Å². The number of benzene rings is 2. The molecule has 0 saturated carbocycles. The molecule has 0 spiro atoms. The average Bonchev–Trinajstić information content (AvgIpc) is 2.55. The third-order valence-corrected chi connectivity index (χ3v) is 3.95. The molecule has 2 rings (SSSR count). The second kappa shape index (κ2) is 6.92. The second-order valence-electron chi connectivity index (χ2n) is 5.15. The third kappa shape index (κ3) is 3.13. The fourth-order valence-electron chi connectivity index (χ4n) is 2.51. The Morgan fingerprint density at radius 3 is 2.17 bits per heavy atom. The lowest BCUT2D eigenvalue weighted by atomic mass is 9.96. The number of carbonyl (C=O) groups excluding carboxylic acids is 1. The summed E-state index contributed by atoms with van der Waals surface area (Å²) in [6.45, 7) is 3.73. The number of halogens is 1. The maximum absolute atomic E-state index is 13.0. The number of hydrogen-bond donors (Lipinski definition) is 0. The average molecular weight is 335 g/mol. The van der Waals surface area contributed by atoms with Crippen molar-refractivity contribution >= 4 is 17.4 Å². The van der Waals surface area contributed by atoms with Crippen LogP contribution in [0.3, 0.4) is 0 Å². The molecule has 0 aliphatic heterocycles. The van der Waals surface area contributed by atoms with Gasteiger partial charge in [0.1, 0.15) is 0 Å². The Balaban J connectivity index is 2.71. The molecule has 23 heavy (non-hydrogen) atoms. The van der Waals surface area contributed by atoms with Crippen LogP contribution in [0.5, 0.6) is 17.2 Å². The predicted molar refractivity (Wildman–Crippen MR) is 90.5 cm³/mol. The van der Waals surface area contributed by atoms with E-state index < -0.39 is 0 Å². The van der Waals surface area contributed by atoms with Gasteiger partial charge in [-0.3, -0.25) is 4.79 Å². The van der Waals surface area contributed by atoms with Crippen molar-refractivity contribution in [3.63, 3.8) is 0 Å². The van der Waals surface area contributed by atoms with Crippen LogP contribution < -0.4 is 14.2 Å². The maximum Gasteiger partial charge on any atom is 0.204 e. The molecular formula is C18H19ClO4. The van der Waals surface area contributed by atoms with E-state index in [0.717, 1.165) is 11.1 Å². The van der Waals surface area contributed by atoms with Gasteiger partial charge in [0.2, 0.25) is 5.75 Å². The van der Waals surface area contributed by atoms with Crippen LogP contribution in [0.15, 0.2) is 24.3 Å². The first-order chi connectivity index (χ1) is 10.9. The van der Waals surface area contributed by atoms with E-state index in [1.54, 1.807) is 18.2 Å². The molecule has 0 aliphatic rings. The minimum absolute atomic E-state index is 0.214. The Kier molecular flexibility index (Phi) is 5.16. The van der Waals surface area contributed by atoms with Gasteiger partial charge in [-0.25, -0.2) is 0 Å². The first-order valence-electron chi connectivity index (χ1n) is 7.05. The zero-order valence-electron chi connectivity index (χ0n) is 13.8. The van der Waals surface area contributed by atoms with Crippen LogP contribution in [0.4, 0.5) is 0 Å². The van der Waals surface area contributed by atoms with Gasteiger partial charge >= 0.3 is 0 Å². The number of ketones is 1. The van der Waals surface area contributed by atoms with Gasteiger partial charge in [0, 0.05) is 5.56 Å². The SMILES string of the molecule is COc1cc(C)c(C(=O)c2cc(C)ccc2Cl)c(OC)c1OC. The molecule has 0 N–H and O–H groups in total. The van der Waals surface area contributed by atoms with Crippen molar-refractivity contribution < 1.29 is 19.0 Å². The minimum Gasteiger partial charge on any atom is -0.493 e. The van der Waals surface area contributed by atoms with Gasteiger partial charge in [-0.2, -0.15) is 0 Å². The fourth-order valence-corrected chi connectivity index (χ4v) is 2.71. The molecule has 122 valence electrons. The molecule has 2 aromatic rings. The molecule has 4 nitrogen and oxygen atoms in total. The van der Waals surface area contributed by atoms with E-state index in [4.69, 9.17) is 25.8 Å². The maximum atomic E-state index is 13.0. The van der Waals surface area contributed by atoms with Crippen LogP contribution in [0.2, 0.25) is 5.02 Å². The topological polar surface area (TPSA) is 44.8 Å². The van der Waals surface area contributed by atoms with Crippen LogP contribution in [0.1, 0.15) is 27.0 Å². The summed E-state index contributed by atoms with van der Waals surface area (Å²) in [5, 5.41) is 0.400. The molecule has 0 bridgehead atoms. The molecule has 0 unspecified atom stereocenters. The molecule has 5 heteroatoms. The molecule has 0 amide bonds. The number of hydrogen-bond acceptors (Lipinski definition) is 4. The largest absolute Gasteiger partial charge is 0.493 e. The summed E-state index contributed by atoms with van der Waals surface area (Å²) in [5.41, 5.74) is 2.52. The number of ether oxygens (including phenoxy) is 3. The highest BCUT2D eigenvalue weighted by Gasteiger charge is 2.25. The normalized spacial score (nSPS) is 10.3. The second-order valence-corrected chi connectivity index (χ2v) is 5.56. The molecule has 0 saturated heterocycles. The van der Waals surface area contributed by atoms with E-state index in [1.807, 2.05) is 19.9 Å². The lowest BCUT2D eigenvalue weighted by molar-refractivity contribution is 0.103. The number of rotatable bonds is 5. The van der Waals surface area contributed by atoms with Crippen LogP contribution in [-0.2, 0) is 0 Å². The smallest absolute Gasteiger partial charge is 0.204 e. The monoisotopic (exact) mass is 334 g/mol. The summed E-state index contributed by atoms with van der Waals surface area (Å²) in [6, 6.07) is 7.09. The van der Waals surface area contributed by atoms with Crippen molar-refractivity contribution in [2.45, 2.75) is 13.8 Å². The highest BCUT2D eigenvalue weighted by Crippen LogP contribution is 2.43. The lowest BCUT2D eigenvalue weighted by Gasteiger charge is -2.18. The predicted octanol–water partition coefficient (Wildman–Crippen LogP) is 4.21. The van der Waals surface area contributed by atoms with Crippen molar-refractivity contribution in [2.24, 2.45) is 0 Å². The van der Waals surface area contributed by atoms with E-state index >= 15 is 0 Å². The van der Waals surface area contributed by atoms with Gasteiger partial charge in [-0.05, 0) is 37.6 Å². The highest BCUT2D eigenvalue weighted by molar-refractivity contribution is 6.35. The Labute approximate surface area is 140 Å². The molecule has 0 radical (unpaired) electrons. The van der Waals surface area contributed by atoms with Gasteiger partial charge in [0.25, 0.3) is 0 Å². The highest BCUT2D eigenvalue weighted by atomic mass is 35.5. The molecule has 0 heterocycles. The first-order valence-corrected chi connectivity index (χ1v) is 7.42. The first kappa shape index (κ1) is 17.2. The van der Waals surface area contributed by atoms with E-state index in [2.05, 4.69) is 0 Å². The number of carbonyl (C=O) groups is 1. The van der Waals surface area contributed by atoms with Crippen molar-refractivity contribution in [1.29, 1.82) is 0 Å². The van der Waals surface area contributed by atoms with Crippen molar-refractivity contribution in [3.8, 4) is 17.2 Å². The zero-order chi connectivity index (χ0) is 17.1. The number of aryl methyl sites for hydroxylation is 2. The van der Waals surface area contributed by atoms with Crippen LogP contribution >= 0.6 is 11.6 Å². The zero-order valence-corrected chi connectivity index (χ0v) is 14.6. The molecule has 0 fully saturated rings. The van der Waals surface area contributed by atoms with Crippen molar-refractivity contribution in [1.82, 2.24) is 0 Å².